The van der Waals surface area contributed by atoms with E-state index in [2.05, 4.69) is 10.3 Å². The standard InChI is InChI=1S/C16H13N3O3/c1-18-15(20)14-8-12(16(21)22)7-13(19-14)6-10-2-4-11(9-17)5-3-10/h2-5,7-8H,6H2,1H3,(H,18,20)(H,21,22). The average molecular weight is 295 g/mol. The minimum absolute atomic E-state index is 0.0113. The number of carboxylic acid groups (broad SMARTS) is 1. The Labute approximate surface area is 127 Å². The molecule has 0 saturated carbocycles. The molecule has 1 aromatic carbocycles. The second-order valence-corrected chi connectivity index (χ2v) is 4.60. The van der Waals surface area contributed by atoms with Crippen LogP contribution >= 0.6 is 0 Å². The van der Waals surface area contributed by atoms with E-state index in [-0.39, 0.29) is 11.3 Å². The van der Waals surface area contributed by atoms with Gasteiger partial charge in [-0.2, -0.15) is 5.26 Å². The van der Waals surface area contributed by atoms with Gasteiger partial charge in [-0.3, -0.25) is 4.79 Å². The summed E-state index contributed by atoms with van der Waals surface area (Å²) in [7, 11) is 1.46. The summed E-state index contributed by atoms with van der Waals surface area (Å²) in [5.41, 5.74) is 1.96. The van der Waals surface area contributed by atoms with Gasteiger partial charge in [0.2, 0.25) is 0 Å². The predicted molar refractivity (Wildman–Crippen MR) is 78.5 cm³/mol. The fourth-order valence-corrected chi connectivity index (χ4v) is 1.95. The lowest BCUT2D eigenvalue weighted by molar-refractivity contribution is 0.0696. The van der Waals surface area contributed by atoms with Crippen molar-refractivity contribution in [2.75, 3.05) is 7.05 Å². The van der Waals surface area contributed by atoms with Crippen molar-refractivity contribution >= 4 is 11.9 Å². The zero-order valence-corrected chi connectivity index (χ0v) is 11.8. The van der Waals surface area contributed by atoms with Gasteiger partial charge in [0.15, 0.2) is 0 Å². The molecule has 1 heterocycles. The van der Waals surface area contributed by atoms with E-state index >= 15 is 0 Å². The normalized spacial score (nSPS) is 9.82. The molecule has 22 heavy (non-hydrogen) atoms. The van der Waals surface area contributed by atoms with E-state index in [4.69, 9.17) is 10.4 Å². The Morgan fingerprint density at radius 2 is 1.95 bits per heavy atom. The predicted octanol–water partition coefficient (Wildman–Crippen LogP) is 1.60. The molecule has 0 bridgehead atoms. The monoisotopic (exact) mass is 295 g/mol. The Morgan fingerprint density at radius 1 is 1.27 bits per heavy atom. The van der Waals surface area contributed by atoms with Crippen LogP contribution in [0.4, 0.5) is 0 Å². The average Bonchev–Trinajstić information content (AvgIpc) is 2.54. The molecule has 6 heteroatoms. The Morgan fingerprint density at radius 3 is 2.50 bits per heavy atom. The number of amides is 1. The van der Waals surface area contributed by atoms with Crippen molar-refractivity contribution in [1.29, 1.82) is 5.26 Å². The van der Waals surface area contributed by atoms with E-state index in [1.807, 2.05) is 6.07 Å². The molecule has 1 amide bonds. The van der Waals surface area contributed by atoms with Gasteiger partial charge >= 0.3 is 5.97 Å². The SMILES string of the molecule is CNC(=O)c1cc(C(=O)O)cc(Cc2ccc(C#N)cc2)n1. The van der Waals surface area contributed by atoms with Crippen LogP contribution in [0.15, 0.2) is 36.4 Å². The minimum Gasteiger partial charge on any atom is -0.478 e. The lowest BCUT2D eigenvalue weighted by atomic mass is 10.1. The maximum absolute atomic E-state index is 11.7. The smallest absolute Gasteiger partial charge is 0.335 e. The van der Waals surface area contributed by atoms with Crippen LogP contribution in [0.3, 0.4) is 0 Å². The Balaban J connectivity index is 2.36. The molecule has 0 saturated heterocycles. The van der Waals surface area contributed by atoms with Gasteiger partial charge in [0.1, 0.15) is 5.69 Å². The second-order valence-electron chi connectivity index (χ2n) is 4.60. The third-order valence-electron chi connectivity index (χ3n) is 3.05. The quantitative estimate of drug-likeness (QED) is 0.891. The van der Waals surface area contributed by atoms with Gasteiger partial charge in [-0.15, -0.1) is 0 Å². The molecule has 0 atom stereocenters. The van der Waals surface area contributed by atoms with Crippen molar-refractivity contribution in [2.24, 2.45) is 0 Å². The van der Waals surface area contributed by atoms with E-state index in [1.54, 1.807) is 24.3 Å². The second kappa shape index (κ2) is 6.50. The molecule has 0 unspecified atom stereocenters. The summed E-state index contributed by atoms with van der Waals surface area (Å²) >= 11 is 0. The van der Waals surface area contributed by atoms with Crippen LogP contribution in [-0.2, 0) is 6.42 Å². The Kier molecular flexibility index (Phi) is 4.49. The van der Waals surface area contributed by atoms with Crippen molar-refractivity contribution in [3.8, 4) is 6.07 Å². The summed E-state index contributed by atoms with van der Waals surface area (Å²) in [6.07, 6.45) is 0.372. The highest BCUT2D eigenvalue weighted by atomic mass is 16.4. The van der Waals surface area contributed by atoms with Crippen molar-refractivity contribution in [3.63, 3.8) is 0 Å². The van der Waals surface area contributed by atoms with E-state index < -0.39 is 11.9 Å². The van der Waals surface area contributed by atoms with E-state index in [1.165, 1.54) is 19.2 Å². The summed E-state index contributed by atoms with van der Waals surface area (Å²) < 4.78 is 0. The van der Waals surface area contributed by atoms with Crippen molar-refractivity contribution in [2.45, 2.75) is 6.42 Å². The van der Waals surface area contributed by atoms with Crippen LogP contribution in [0, 0.1) is 11.3 Å². The lowest BCUT2D eigenvalue weighted by Gasteiger charge is -2.06. The minimum atomic E-state index is -1.12. The molecule has 110 valence electrons. The third kappa shape index (κ3) is 3.46. The molecule has 2 aromatic rings. The first-order chi connectivity index (χ1) is 10.5. The molecule has 0 aliphatic carbocycles. The number of aromatic carboxylic acids is 1. The number of carboxylic acids is 1. The molecule has 0 fully saturated rings. The molecule has 0 radical (unpaired) electrons. The molecule has 6 nitrogen and oxygen atoms in total. The molecular weight excluding hydrogens is 282 g/mol. The van der Waals surface area contributed by atoms with Gasteiger partial charge in [0.25, 0.3) is 5.91 Å². The summed E-state index contributed by atoms with van der Waals surface area (Å²) in [5, 5.41) is 20.3. The maximum Gasteiger partial charge on any atom is 0.335 e. The first-order valence-electron chi connectivity index (χ1n) is 6.49. The topological polar surface area (TPSA) is 103 Å². The van der Waals surface area contributed by atoms with Gasteiger partial charge in [-0.05, 0) is 29.8 Å². The molecule has 0 spiro atoms. The number of carbonyl (C=O) groups excluding carboxylic acids is 1. The van der Waals surface area contributed by atoms with Crippen LogP contribution in [-0.4, -0.2) is 29.0 Å². The number of nitrogens with one attached hydrogen (secondary N) is 1. The number of nitriles is 1. The summed E-state index contributed by atoms with van der Waals surface area (Å²) in [4.78, 5) is 27.0. The van der Waals surface area contributed by atoms with Crippen LogP contribution in [0.2, 0.25) is 0 Å². The largest absolute Gasteiger partial charge is 0.478 e. The first kappa shape index (κ1) is 15.2. The fraction of sp³-hybridized carbons (Fsp3) is 0.125. The van der Waals surface area contributed by atoms with E-state index in [9.17, 15) is 9.59 Å². The van der Waals surface area contributed by atoms with Gasteiger partial charge in [0.05, 0.1) is 17.2 Å². The number of nitrogens with zero attached hydrogens (tertiary/aromatic N) is 2. The zero-order chi connectivity index (χ0) is 16.1. The highest BCUT2D eigenvalue weighted by Gasteiger charge is 2.13. The fourth-order valence-electron chi connectivity index (χ4n) is 1.95. The molecule has 0 aliphatic rings. The summed E-state index contributed by atoms with van der Waals surface area (Å²) in [6, 6.07) is 11.6. The number of hydrogen-bond donors (Lipinski definition) is 2. The van der Waals surface area contributed by atoms with Gasteiger partial charge in [0, 0.05) is 19.2 Å². The number of pyridine rings is 1. The Hall–Kier alpha value is -3.20. The van der Waals surface area contributed by atoms with Crippen LogP contribution < -0.4 is 5.32 Å². The lowest BCUT2D eigenvalue weighted by Crippen LogP contribution is -2.20. The number of rotatable bonds is 4. The number of carbonyl (C=O) groups is 2. The van der Waals surface area contributed by atoms with Crippen molar-refractivity contribution in [3.05, 3.63) is 64.5 Å². The van der Waals surface area contributed by atoms with Crippen molar-refractivity contribution in [1.82, 2.24) is 10.3 Å². The van der Waals surface area contributed by atoms with Crippen LogP contribution in [0.5, 0.6) is 0 Å². The van der Waals surface area contributed by atoms with Gasteiger partial charge in [-0.25, -0.2) is 9.78 Å². The number of hydrogen-bond acceptors (Lipinski definition) is 4. The van der Waals surface area contributed by atoms with Gasteiger partial charge in [-0.1, -0.05) is 12.1 Å². The Bertz CT molecular complexity index is 761. The van der Waals surface area contributed by atoms with E-state index in [0.29, 0.717) is 17.7 Å². The highest BCUT2D eigenvalue weighted by molar-refractivity contribution is 5.95. The zero-order valence-electron chi connectivity index (χ0n) is 11.8. The third-order valence-corrected chi connectivity index (χ3v) is 3.05. The van der Waals surface area contributed by atoms with Crippen LogP contribution in [0.1, 0.15) is 37.7 Å². The van der Waals surface area contributed by atoms with E-state index in [0.717, 1.165) is 5.56 Å². The molecule has 0 aliphatic heterocycles. The molecule has 2 rings (SSSR count). The van der Waals surface area contributed by atoms with Gasteiger partial charge < -0.3 is 10.4 Å². The number of aromatic nitrogens is 1. The molecular formula is C16H13N3O3. The highest BCUT2D eigenvalue weighted by Crippen LogP contribution is 2.13. The number of benzene rings is 1. The summed E-state index contributed by atoms with van der Waals surface area (Å²) in [5.74, 6) is -1.56. The van der Waals surface area contributed by atoms with Crippen LogP contribution in [0.25, 0.3) is 0 Å². The summed E-state index contributed by atoms with van der Waals surface area (Å²) in [6.45, 7) is 0. The maximum atomic E-state index is 11.7. The first-order valence-corrected chi connectivity index (χ1v) is 6.49. The van der Waals surface area contributed by atoms with Crippen molar-refractivity contribution < 1.29 is 14.7 Å². The molecule has 1 aromatic heterocycles. The molecule has 2 N–H and O–H groups in total.